The van der Waals surface area contributed by atoms with E-state index in [-0.39, 0.29) is 22.9 Å². The molecule has 0 aliphatic carbocycles. The molecule has 2 saturated heterocycles. The molecular formula is C28H19BrClN3O6. The molecule has 0 aromatic heterocycles. The van der Waals surface area contributed by atoms with Gasteiger partial charge in [-0.3, -0.25) is 24.5 Å². The molecule has 3 aliphatic rings. The van der Waals surface area contributed by atoms with E-state index in [4.69, 9.17) is 16.3 Å². The molecule has 0 saturated carbocycles. The van der Waals surface area contributed by atoms with Gasteiger partial charge in [-0.05, 0) is 35.9 Å². The summed E-state index contributed by atoms with van der Waals surface area (Å²) in [7, 11) is 1.35. The fourth-order valence-electron chi connectivity index (χ4n) is 5.82. The number of fused-ring (bicyclic) bond motifs is 5. The third-order valence-corrected chi connectivity index (χ3v) is 8.25. The Morgan fingerprint density at radius 1 is 1.00 bits per heavy atom. The molecule has 6 rings (SSSR count). The number of nitrogens with zero attached hydrogens (tertiary/aromatic N) is 3. The lowest BCUT2D eigenvalue weighted by molar-refractivity contribution is -0.384. The van der Waals surface area contributed by atoms with Crippen molar-refractivity contribution in [2.75, 3.05) is 16.9 Å². The lowest BCUT2D eigenvalue weighted by Gasteiger charge is -2.36. The molecule has 3 aliphatic heterocycles. The second kappa shape index (κ2) is 9.32. The number of methoxy groups -OCH3 is 1. The summed E-state index contributed by atoms with van der Waals surface area (Å²) >= 11 is 9.71. The predicted octanol–water partition coefficient (Wildman–Crippen LogP) is 5.29. The Kier molecular flexibility index (Phi) is 6.04. The average Bonchev–Trinajstić information content (AvgIpc) is 3.40. The van der Waals surface area contributed by atoms with Gasteiger partial charge in [0.25, 0.3) is 5.69 Å². The minimum atomic E-state index is -1.04. The standard InChI is InChI=1S/C28H19BrClN3O6/c1-39-22-11-9-18(33(37)38)13-21(22)32-27(35)23-19-10-5-14-4-8-17(30)12-20(14)31(19)25(24(23)28(32)36)26(34)15-2-6-16(29)7-3-15/h2-13,19,23-25H,1H3. The summed E-state index contributed by atoms with van der Waals surface area (Å²) in [6, 6.07) is 14.2. The van der Waals surface area contributed by atoms with Crippen LogP contribution in [0.1, 0.15) is 15.9 Å². The number of amides is 2. The number of hydrogen-bond donors (Lipinski definition) is 0. The molecule has 11 heteroatoms. The van der Waals surface area contributed by atoms with Gasteiger partial charge in [0, 0.05) is 32.9 Å². The molecule has 3 aromatic rings. The fourth-order valence-corrected chi connectivity index (χ4v) is 6.25. The van der Waals surface area contributed by atoms with Gasteiger partial charge < -0.3 is 9.64 Å². The van der Waals surface area contributed by atoms with Crippen LogP contribution >= 0.6 is 27.5 Å². The second-order valence-corrected chi connectivity index (χ2v) is 10.8. The molecule has 3 heterocycles. The summed E-state index contributed by atoms with van der Waals surface area (Å²) in [4.78, 5) is 55.8. The van der Waals surface area contributed by atoms with Crippen molar-refractivity contribution in [3.63, 3.8) is 0 Å². The van der Waals surface area contributed by atoms with Crippen LogP contribution in [-0.4, -0.2) is 41.7 Å². The van der Waals surface area contributed by atoms with Crippen LogP contribution in [0, 0.1) is 22.0 Å². The van der Waals surface area contributed by atoms with Gasteiger partial charge in [-0.15, -0.1) is 0 Å². The molecule has 0 N–H and O–H groups in total. The van der Waals surface area contributed by atoms with E-state index in [1.807, 2.05) is 23.1 Å². The third kappa shape index (κ3) is 3.85. The van der Waals surface area contributed by atoms with E-state index in [2.05, 4.69) is 15.9 Å². The Bertz CT molecular complexity index is 1610. The van der Waals surface area contributed by atoms with Crippen LogP contribution in [0.5, 0.6) is 5.75 Å². The normalized spacial score (nSPS) is 22.9. The monoisotopic (exact) mass is 607 g/mol. The summed E-state index contributed by atoms with van der Waals surface area (Å²) in [6.45, 7) is 0. The van der Waals surface area contributed by atoms with Gasteiger partial charge in [-0.25, -0.2) is 4.90 Å². The molecule has 39 heavy (non-hydrogen) atoms. The van der Waals surface area contributed by atoms with Crippen molar-refractivity contribution in [3.05, 3.63) is 97.5 Å². The number of hydrogen-bond acceptors (Lipinski definition) is 7. The number of anilines is 2. The number of nitro benzene ring substituents is 1. The molecule has 2 amide bonds. The molecule has 2 fully saturated rings. The summed E-state index contributed by atoms with van der Waals surface area (Å²) in [6.07, 6.45) is 3.67. The quantitative estimate of drug-likeness (QED) is 0.168. The summed E-state index contributed by atoms with van der Waals surface area (Å²) in [5, 5.41) is 11.9. The molecule has 9 nitrogen and oxygen atoms in total. The number of Topliss-reactive ketones (excluding diaryl/α,β-unsaturated/α-hetero) is 1. The number of rotatable bonds is 5. The third-order valence-electron chi connectivity index (χ3n) is 7.48. The smallest absolute Gasteiger partial charge is 0.271 e. The van der Waals surface area contributed by atoms with Crippen molar-refractivity contribution >= 4 is 68.3 Å². The zero-order valence-corrected chi connectivity index (χ0v) is 22.6. The minimum absolute atomic E-state index is 0.0271. The fraction of sp³-hybridized carbons (Fsp3) is 0.179. The molecular weight excluding hydrogens is 590 g/mol. The molecule has 4 unspecified atom stereocenters. The number of imide groups is 1. The second-order valence-electron chi connectivity index (χ2n) is 9.45. The van der Waals surface area contributed by atoms with Crippen molar-refractivity contribution in [1.29, 1.82) is 0 Å². The number of nitro groups is 1. The molecule has 3 aromatic carbocycles. The number of carbonyl (C=O) groups is 3. The first kappa shape index (κ1) is 25.3. The lowest BCUT2D eigenvalue weighted by atomic mass is 9.86. The Morgan fingerprint density at radius 2 is 1.72 bits per heavy atom. The molecule has 4 atom stereocenters. The van der Waals surface area contributed by atoms with Crippen LogP contribution in [0.15, 0.2) is 71.2 Å². The number of carbonyl (C=O) groups excluding carboxylic acids is 3. The van der Waals surface area contributed by atoms with E-state index in [0.717, 1.165) is 21.0 Å². The summed E-state index contributed by atoms with van der Waals surface area (Å²) in [5.41, 5.74) is 1.52. The maximum atomic E-state index is 14.1. The number of ketones is 1. The van der Waals surface area contributed by atoms with Crippen molar-refractivity contribution in [2.24, 2.45) is 11.8 Å². The van der Waals surface area contributed by atoms with Crippen LogP contribution in [0.25, 0.3) is 6.08 Å². The van der Waals surface area contributed by atoms with Gasteiger partial charge in [0.05, 0.1) is 29.9 Å². The largest absolute Gasteiger partial charge is 0.495 e. The van der Waals surface area contributed by atoms with Gasteiger partial charge in [0.1, 0.15) is 17.5 Å². The van der Waals surface area contributed by atoms with Crippen molar-refractivity contribution in [2.45, 2.75) is 12.1 Å². The zero-order chi connectivity index (χ0) is 27.6. The average molecular weight is 609 g/mol. The van der Waals surface area contributed by atoms with Crippen molar-refractivity contribution in [1.82, 2.24) is 0 Å². The highest BCUT2D eigenvalue weighted by Crippen LogP contribution is 2.51. The molecule has 0 radical (unpaired) electrons. The number of halogens is 2. The van der Waals surface area contributed by atoms with Crippen LogP contribution in [-0.2, 0) is 9.59 Å². The first-order valence-corrected chi connectivity index (χ1v) is 13.1. The van der Waals surface area contributed by atoms with Crippen LogP contribution in [0.2, 0.25) is 5.02 Å². The molecule has 0 bridgehead atoms. The number of benzene rings is 3. The van der Waals surface area contributed by atoms with Crippen LogP contribution < -0.4 is 14.5 Å². The molecule has 196 valence electrons. The number of ether oxygens (including phenoxy) is 1. The summed E-state index contributed by atoms with van der Waals surface area (Å²) < 4.78 is 6.14. The number of non-ortho nitro benzene ring substituents is 1. The van der Waals surface area contributed by atoms with Gasteiger partial charge in [-0.2, -0.15) is 0 Å². The Hall–Kier alpha value is -4.02. The van der Waals surface area contributed by atoms with Crippen molar-refractivity contribution < 1.29 is 24.0 Å². The van der Waals surface area contributed by atoms with Crippen molar-refractivity contribution in [3.8, 4) is 5.75 Å². The van der Waals surface area contributed by atoms with E-state index in [1.54, 1.807) is 36.4 Å². The van der Waals surface area contributed by atoms with E-state index in [0.29, 0.717) is 16.3 Å². The van der Waals surface area contributed by atoms with Gasteiger partial charge >= 0.3 is 0 Å². The topological polar surface area (TPSA) is 110 Å². The first-order chi connectivity index (χ1) is 18.7. The Morgan fingerprint density at radius 3 is 2.41 bits per heavy atom. The highest BCUT2D eigenvalue weighted by Gasteiger charge is 2.64. The van der Waals surface area contributed by atoms with Crippen LogP contribution in [0.4, 0.5) is 17.1 Å². The Labute approximate surface area is 235 Å². The summed E-state index contributed by atoms with van der Waals surface area (Å²) in [5.74, 6) is -3.32. The predicted molar refractivity (Wildman–Crippen MR) is 148 cm³/mol. The maximum absolute atomic E-state index is 14.1. The highest BCUT2D eigenvalue weighted by molar-refractivity contribution is 9.10. The van der Waals surface area contributed by atoms with E-state index >= 15 is 0 Å². The van der Waals surface area contributed by atoms with Gasteiger partial charge in [0.2, 0.25) is 11.8 Å². The van der Waals surface area contributed by atoms with Crippen LogP contribution in [0.3, 0.4) is 0 Å². The van der Waals surface area contributed by atoms with E-state index in [9.17, 15) is 24.5 Å². The zero-order valence-electron chi connectivity index (χ0n) is 20.3. The Balaban J connectivity index is 1.51. The minimum Gasteiger partial charge on any atom is -0.495 e. The van der Waals surface area contributed by atoms with Gasteiger partial charge in [-0.1, -0.05) is 57.9 Å². The molecule has 0 spiro atoms. The lowest BCUT2D eigenvalue weighted by Crippen LogP contribution is -2.48. The highest BCUT2D eigenvalue weighted by atomic mass is 79.9. The van der Waals surface area contributed by atoms with Gasteiger partial charge in [0.15, 0.2) is 5.78 Å². The first-order valence-electron chi connectivity index (χ1n) is 12.0. The SMILES string of the molecule is COc1ccc([N+](=O)[O-])cc1N1C(=O)C2C(C1=O)C(C(=O)c1ccc(Br)cc1)N1c3cc(Cl)ccc3C=CC21. The maximum Gasteiger partial charge on any atom is 0.271 e. The van der Waals surface area contributed by atoms with E-state index < -0.39 is 40.7 Å². The van der Waals surface area contributed by atoms with E-state index in [1.165, 1.54) is 19.2 Å².